The average molecular weight is 407 g/mol. The van der Waals surface area contributed by atoms with E-state index in [0.717, 1.165) is 22.3 Å². The number of benzene rings is 2. The molecule has 4 rings (SSSR count). The van der Waals surface area contributed by atoms with E-state index in [9.17, 15) is 15.0 Å². The van der Waals surface area contributed by atoms with Crippen LogP contribution in [0.25, 0.3) is 11.3 Å². The fourth-order valence-corrected chi connectivity index (χ4v) is 4.27. The van der Waals surface area contributed by atoms with Gasteiger partial charge in [0.1, 0.15) is 22.9 Å². The Morgan fingerprint density at radius 1 is 1.23 bits per heavy atom. The van der Waals surface area contributed by atoms with Crippen LogP contribution in [0.2, 0.25) is 0 Å². The Balaban J connectivity index is 1.92. The smallest absolute Gasteiger partial charge is 0.273 e. The highest BCUT2D eigenvalue weighted by atomic mass is 16.5. The van der Waals surface area contributed by atoms with Gasteiger partial charge in [-0.05, 0) is 55.2 Å². The molecule has 0 unspecified atom stereocenters. The maximum Gasteiger partial charge on any atom is 0.273 e. The number of hydrogen-bond acceptors (Lipinski definition) is 5. The Hall–Kier alpha value is -3.32. The SMILES string of the molecule is COc1cccc([C@H]2c3c(-c4c(C)cc(C)cc4O)n[nH]c3C(=O)N2CCCO)c1. The predicted molar refractivity (Wildman–Crippen MR) is 113 cm³/mol. The van der Waals surface area contributed by atoms with Crippen molar-refractivity contribution in [2.45, 2.75) is 26.3 Å². The summed E-state index contributed by atoms with van der Waals surface area (Å²) in [7, 11) is 1.60. The molecule has 0 fully saturated rings. The molecule has 1 atom stereocenters. The molecule has 0 aliphatic carbocycles. The maximum atomic E-state index is 13.2. The number of carbonyl (C=O) groups is 1. The van der Waals surface area contributed by atoms with Gasteiger partial charge < -0.3 is 19.8 Å². The number of rotatable bonds is 6. The summed E-state index contributed by atoms with van der Waals surface area (Å²) in [6.45, 7) is 4.23. The highest BCUT2D eigenvalue weighted by molar-refractivity contribution is 6.00. The van der Waals surface area contributed by atoms with Crippen LogP contribution in [0.4, 0.5) is 0 Å². The Labute approximate surface area is 174 Å². The van der Waals surface area contributed by atoms with Crippen LogP contribution in [0.1, 0.15) is 45.2 Å². The molecule has 0 saturated carbocycles. The van der Waals surface area contributed by atoms with E-state index in [-0.39, 0.29) is 18.3 Å². The quantitative estimate of drug-likeness (QED) is 0.582. The number of nitrogens with zero attached hydrogens (tertiary/aromatic N) is 2. The summed E-state index contributed by atoms with van der Waals surface area (Å²) < 4.78 is 5.39. The molecule has 3 N–H and O–H groups in total. The van der Waals surface area contributed by atoms with Gasteiger partial charge in [-0.3, -0.25) is 9.89 Å². The Kier molecular flexibility index (Phi) is 5.22. The lowest BCUT2D eigenvalue weighted by Crippen LogP contribution is -2.31. The molecule has 1 aromatic heterocycles. The number of hydrogen-bond donors (Lipinski definition) is 3. The number of aromatic hydroxyl groups is 1. The number of aromatic amines is 1. The van der Waals surface area contributed by atoms with Crippen molar-refractivity contribution in [2.24, 2.45) is 0 Å². The van der Waals surface area contributed by atoms with Crippen LogP contribution in [0.15, 0.2) is 36.4 Å². The third kappa shape index (κ3) is 3.21. The molecule has 1 aliphatic rings. The zero-order valence-corrected chi connectivity index (χ0v) is 17.3. The molecule has 156 valence electrons. The molecule has 7 heteroatoms. The number of aliphatic hydroxyl groups is 1. The Bertz CT molecular complexity index is 1080. The second kappa shape index (κ2) is 7.84. The fraction of sp³-hybridized carbons (Fsp3) is 0.304. The molecule has 0 radical (unpaired) electrons. The van der Waals surface area contributed by atoms with Gasteiger partial charge in [-0.2, -0.15) is 5.10 Å². The van der Waals surface area contributed by atoms with Crippen LogP contribution in [0.5, 0.6) is 11.5 Å². The van der Waals surface area contributed by atoms with Gasteiger partial charge in [0.15, 0.2) is 0 Å². The number of fused-ring (bicyclic) bond motifs is 1. The number of nitrogens with one attached hydrogen (secondary N) is 1. The summed E-state index contributed by atoms with van der Waals surface area (Å²) in [5, 5.41) is 27.3. The molecule has 2 aromatic carbocycles. The highest BCUT2D eigenvalue weighted by Gasteiger charge is 2.42. The first-order valence-corrected chi connectivity index (χ1v) is 9.90. The fourth-order valence-electron chi connectivity index (χ4n) is 4.27. The van der Waals surface area contributed by atoms with Crippen LogP contribution in [0.3, 0.4) is 0 Å². The van der Waals surface area contributed by atoms with Crippen molar-refractivity contribution in [3.63, 3.8) is 0 Å². The first-order chi connectivity index (χ1) is 14.5. The Morgan fingerprint density at radius 3 is 2.73 bits per heavy atom. The van der Waals surface area contributed by atoms with Crippen LogP contribution >= 0.6 is 0 Å². The van der Waals surface area contributed by atoms with Gasteiger partial charge in [0, 0.05) is 24.3 Å². The molecule has 0 bridgehead atoms. The number of carbonyl (C=O) groups excluding carboxylic acids is 1. The third-order valence-corrected chi connectivity index (χ3v) is 5.53. The number of phenolic OH excluding ortho intramolecular Hbond substituents is 1. The van der Waals surface area contributed by atoms with E-state index in [4.69, 9.17) is 4.74 Å². The van der Waals surface area contributed by atoms with Crippen LogP contribution in [-0.2, 0) is 0 Å². The molecule has 3 aromatic rings. The molecular weight excluding hydrogens is 382 g/mol. The van der Waals surface area contributed by atoms with Gasteiger partial charge in [0.25, 0.3) is 5.91 Å². The lowest BCUT2D eigenvalue weighted by molar-refractivity contribution is 0.0732. The highest BCUT2D eigenvalue weighted by Crippen LogP contribution is 2.45. The number of aliphatic hydroxyl groups excluding tert-OH is 1. The minimum absolute atomic E-state index is 0.00842. The molecule has 1 aliphatic heterocycles. The van der Waals surface area contributed by atoms with Gasteiger partial charge in [-0.25, -0.2) is 0 Å². The number of aryl methyl sites for hydroxylation is 2. The summed E-state index contributed by atoms with van der Waals surface area (Å²) in [6, 6.07) is 10.9. The number of ether oxygens (including phenoxy) is 1. The standard InChI is InChI=1S/C23H25N3O4/c1-13-10-14(2)18(17(28)11-13)20-19-21(25-24-20)23(29)26(8-5-9-27)22(19)15-6-4-7-16(12-15)30-3/h4,6-7,10-12,22,27-28H,5,8-9H2,1-3H3,(H,24,25)/t22-/m0/s1. The van der Waals surface area contributed by atoms with Crippen molar-refractivity contribution in [2.75, 3.05) is 20.3 Å². The topological polar surface area (TPSA) is 98.7 Å². The molecule has 0 saturated heterocycles. The van der Waals surface area contributed by atoms with Crippen molar-refractivity contribution < 1.29 is 19.7 Å². The van der Waals surface area contributed by atoms with E-state index < -0.39 is 6.04 Å². The molecular formula is C23H25N3O4. The molecule has 30 heavy (non-hydrogen) atoms. The van der Waals surface area contributed by atoms with Gasteiger partial charge in [-0.1, -0.05) is 18.2 Å². The van der Waals surface area contributed by atoms with Gasteiger partial charge in [0.05, 0.1) is 13.2 Å². The van der Waals surface area contributed by atoms with Crippen molar-refractivity contribution >= 4 is 5.91 Å². The van der Waals surface area contributed by atoms with E-state index in [2.05, 4.69) is 10.2 Å². The van der Waals surface area contributed by atoms with Crippen molar-refractivity contribution in [3.05, 3.63) is 64.3 Å². The lowest BCUT2D eigenvalue weighted by Gasteiger charge is -2.26. The normalized spacial score (nSPS) is 15.5. The maximum absolute atomic E-state index is 13.2. The summed E-state index contributed by atoms with van der Waals surface area (Å²) in [5.41, 5.74) is 5.03. The number of H-pyrrole nitrogens is 1. The van der Waals surface area contributed by atoms with Crippen molar-refractivity contribution in [1.29, 1.82) is 0 Å². The van der Waals surface area contributed by atoms with E-state index in [1.807, 2.05) is 44.2 Å². The minimum atomic E-state index is -0.400. The van der Waals surface area contributed by atoms with Crippen LogP contribution in [-0.4, -0.2) is 51.5 Å². The summed E-state index contributed by atoms with van der Waals surface area (Å²) in [4.78, 5) is 14.9. The molecule has 1 amide bonds. The number of phenols is 1. The lowest BCUT2D eigenvalue weighted by atomic mass is 9.93. The Morgan fingerprint density at radius 2 is 2.03 bits per heavy atom. The summed E-state index contributed by atoms with van der Waals surface area (Å²) in [5.74, 6) is 0.650. The predicted octanol–water partition coefficient (Wildman–Crippen LogP) is 3.34. The number of aromatic nitrogens is 2. The number of amides is 1. The second-order valence-electron chi connectivity index (χ2n) is 7.59. The number of methoxy groups -OCH3 is 1. The van der Waals surface area contributed by atoms with Gasteiger partial charge in [0.2, 0.25) is 0 Å². The van der Waals surface area contributed by atoms with Crippen LogP contribution < -0.4 is 4.74 Å². The second-order valence-corrected chi connectivity index (χ2v) is 7.59. The summed E-state index contributed by atoms with van der Waals surface area (Å²) in [6.07, 6.45) is 0.466. The first kappa shape index (κ1) is 20.0. The zero-order chi connectivity index (χ0) is 21.4. The summed E-state index contributed by atoms with van der Waals surface area (Å²) >= 11 is 0. The third-order valence-electron chi connectivity index (χ3n) is 5.53. The van der Waals surface area contributed by atoms with Crippen LogP contribution in [0, 0.1) is 13.8 Å². The van der Waals surface area contributed by atoms with E-state index >= 15 is 0 Å². The van der Waals surface area contributed by atoms with Crippen molar-refractivity contribution in [1.82, 2.24) is 15.1 Å². The largest absolute Gasteiger partial charge is 0.507 e. The zero-order valence-electron chi connectivity index (χ0n) is 17.3. The van der Waals surface area contributed by atoms with Gasteiger partial charge >= 0.3 is 0 Å². The minimum Gasteiger partial charge on any atom is -0.507 e. The molecule has 7 nitrogen and oxygen atoms in total. The molecule has 0 spiro atoms. The van der Waals surface area contributed by atoms with Crippen molar-refractivity contribution in [3.8, 4) is 22.8 Å². The van der Waals surface area contributed by atoms with E-state index in [0.29, 0.717) is 35.7 Å². The van der Waals surface area contributed by atoms with E-state index in [1.54, 1.807) is 18.1 Å². The first-order valence-electron chi connectivity index (χ1n) is 9.90. The average Bonchev–Trinajstić information content (AvgIpc) is 3.25. The molecule has 2 heterocycles. The van der Waals surface area contributed by atoms with E-state index in [1.165, 1.54) is 0 Å². The van der Waals surface area contributed by atoms with Gasteiger partial charge in [-0.15, -0.1) is 0 Å². The monoisotopic (exact) mass is 407 g/mol.